The number of aliphatic hydroxyl groups is 1. The maximum absolute atomic E-state index is 9.18. The average molecular weight is 249 g/mol. The smallest absolute Gasteiger partial charge is 0.156 e. The number of rotatable bonds is 3. The summed E-state index contributed by atoms with van der Waals surface area (Å²) < 4.78 is 2.00. The van der Waals surface area contributed by atoms with Gasteiger partial charge in [0.1, 0.15) is 5.82 Å². The van der Waals surface area contributed by atoms with Crippen molar-refractivity contribution < 1.29 is 5.11 Å². The fourth-order valence-corrected chi connectivity index (χ4v) is 2.92. The molecule has 0 amide bonds. The first-order valence-electron chi connectivity index (χ1n) is 5.91. The molecule has 1 atom stereocenters. The third kappa shape index (κ3) is 2.25. The summed E-state index contributed by atoms with van der Waals surface area (Å²) in [4.78, 5) is 5.87. The van der Waals surface area contributed by atoms with Gasteiger partial charge in [-0.3, -0.25) is 0 Å². The molecule has 17 heavy (non-hydrogen) atoms. The predicted molar refractivity (Wildman–Crippen MR) is 66.0 cm³/mol. The highest BCUT2D eigenvalue weighted by atomic mass is 32.1. The summed E-state index contributed by atoms with van der Waals surface area (Å²) in [5, 5.41) is 15.8. The zero-order valence-corrected chi connectivity index (χ0v) is 10.4. The number of nitrogens with zero attached hydrogens (tertiary/aromatic N) is 3. The summed E-state index contributed by atoms with van der Waals surface area (Å²) in [6.07, 6.45) is 2.68. The highest BCUT2D eigenvalue weighted by molar-refractivity contribution is 7.09. The Bertz CT molecular complexity index is 492. The summed E-state index contributed by atoms with van der Waals surface area (Å²) in [6, 6.07) is 4.17. The maximum atomic E-state index is 9.18. The van der Waals surface area contributed by atoms with Crippen LogP contribution >= 0.6 is 11.3 Å². The summed E-state index contributed by atoms with van der Waals surface area (Å²) in [5.74, 6) is 2.30. The van der Waals surface area contributed by atoms with E-state index in [0.29, 0.717) is 5.92 Å². The van der Waals surface area contributed by atoms with Crippen molar-refractivity contribution in [1.82, 2.24) is 14.8 Å². The second-order valence-corrected chi connectivity index (χ2v) is 5.50. The van der Waals surface area contributed by atoms with E-state index in [-0.39, 0.29) is 6.61 Å². The Morgan fingerprint density at radius 3 is 3.24 bits per heavy atom. The third-order valence-electron chi connectivity index (χ3n) is 3.18. The summed E-state index contributed by atoms with van der Waals surface area (Å²) in [6.45, 7) is 1.14. The Morgan fingerprint density at radius 1 is 1.53 bits per heavy atom. The minimum atomic E-state index is 0.257. The molecule has 1 aliphatic rings. The highest BCUT2D eigenvalue weighted by Gasteiger charge is 2.21. The molecular weight excluding hydrogens is 234 g/mol. The third-order valence-corrected chi connectivity index (χ3v) is 4.06. The van der Waals surface area contributed by atoms with Crippen molar-refractivity contribution in [1.29, 1.82) is 0 Å². The summed E-state index contributed by atoms with van der Waals surface area (Å²) in [5.41, 5.74) is 0. The molecule has 5 heteroatoms. The van der Waals surface area contributed by atoms with E-state index in [0.717, 1.165) is 37.5 Å². The largest absolute Gasteiger partial charge is 0.396 e. The van der Waals surface area contributed by atoms with Gasteiger partial charge < -0.3 is 5.11 Å². The topological polar surface area (TPSA) is 50.9 Å². The van der Waals surface area contributed by atoms with Crippen molar-refractivity contribution in [3.63, 3.8) is 0 Å². The van der Waals surface area contributed by atoms with Gasteiger partial charge in [0.25, 0.3) is 0 Å². The van der Waals surface area contributed by atoms with E-state index < -0.39 is 0 Å². The summed E-state index contributed by atoms with van der Waals surface area (Å²) in [7, 11) is 0. The molecule has 3 heterocycles. The first-order chi connectivity index (χ1) is 8.35. The van der Waals surface area contributed by atoms with E-state index in [2.05, 4.69) is 27.6 Å². The fraction of sp³-hybridized carbons (Fsp3) is 0.500. The van der Waals surface area contributed by atoms with Gasteiger partial charge in [-0.1, -0.05) is 6.07 Å². The maximum Gasteiger partial charge on any atom is 0.156 e. The first-order valence-corrected chi connectivity index (χ1v) is 6.79. The number of thiophene rings is 1. The summed E-state index contributed by atoms with van der Waals surface area (Å²) >= 11 is 1.74. The molecule has 0 radical (unpaired) electrons. The molecule has 0 saturated carbocycles. The Morgan fingerprint density at radius 2 is 2.47 bits per heavy atom. The molecule has 0 aromatic carbocycles. The lowest BCUT2D eigenvalue weighted by molar-refractivity contribution is 0.196. The molecule has 0 fully saturated rings. The molecule has 90 valence electrons. The van der Waals surface area contributed by atoms with Crippen LogP contribution in [0, 0.1) is 5.92 Å². The van der Waals surface area contributed by atoms with Gasteiger partial charge in [0.15, 0.2) is 5.82 Å². The molecule has 0 saturated heterocycles. The van der Waals surface area contributed by atoms with Gasteiger partial charge in [-0.2, -0.15) is 5.10 Å². The van der Waals surface area contributed by atoms with E-state index in [4.69, 9.17) is 0 Å². The van der Waals surface area contributed by atoms with Crippen molar-refractivity contribution in [3.8, 4) is 0 Å². The van der Waals surface area contributed by atoms with E-state index in [9.17, 15) is 5.11 Å². The SMILES string of the molecule is OCC1CCn2nc(Cc3cccs3)nc2C1. The Labute approximate surface area is 104 Å². The molecule has 3 rings (SSSR count). The van der Waals surface area contributed by atoms with Crippen LogP contribution < -0.4 is 0 Å². The van der Waals surface area contributed by atoms with Crippen LogP contribution in [0.15, 0.2) is 17.5 Å². The molecule has 2 aromatic rings. The molecule has 0 spiro atoms. The zero-order valence-electron chi connectivity index (χ0n) is 9.54. The molecule has 4 nitrogen and oxygen atoms in total. The van der Waals surface area contributed by atoms with Gasteiger partial charge in [0.05, 0.1) is 0 Å². The van der Waals surface area contributed by atoms with Crippen LogP contribution in [0.2, 0.25) is 0 Å². The Balaban J connectivity index is 1.78. The van der Waals surface area contributed by atoms with Crippen molar-refractivity contribution in [3.05, 3.63) is 34.0 Å². The highest BCUT2D eigenvalue weighted by Crippen LogP contribution is 2.19. The number of aryl methyl sites for hydroxylation is 1. The predicted octanol–water partition coefficient (Wildman–Crippen LogP) is 1.49. The van der Waals surface area contributed by atoms with Gasteiger partial charge in [-0.25, -0.2) is 9.67 Å². The second-order valence-electron chi connectivity index (χ2n) is 4.46. The lowest BCUT2D eigenvalue weighted by atomic mass is 9.99. The van der Waals surface area contributed by atoms with E-state index in [1.807, 2.05) is 4.68 Å². The van der Waals surface area contributed by atoms with Gasteiger partial charge in [-0.05, 0) is 23.8 Å². The molecule has 0 aliphatic carbocycles. The van der Waals surface area contributed by atoms with Crippen molar-refractivity contribution >= 4 is 11.3 Å². The first kappa shape index (κ1) is 10.9. The van der Waals surface area contributed by atoms with Gasteiger partial charge >= 0.3 is 0 Å². The molecule has 1 aliphatic heterocycles. The van der Waals surface area contributed by atoms with Crippen LogP contribution in [0.1, 0.15) is 22.9 Å². The average Bonchev–Trinajstić information content (AvgIpc) is 2.96. The molecule has 1 N–H and O–H groups in total. The molecule has 2 aromatic heterocycles. The minimum Gasteiger partial charge on any atom is -0.396 e. The van der Waals surface area contributed by atoms with Crippen LogP contribution in [0.25, 0.3) is 0 Å². The molecule has 1 unspecified atom stereocenters. The van der Waals surface area contributed by atoms with E-state index in [1.54, 1.807) is 11.3 Å². The standard InChI is InChI=1S/C12H15N3OS/c16-8-9-3-4-15-12(6-9)13-11(14-15)7-10-2-1-5-17-10/h1-2,5,9,16H,3-4,6-8H2. The number of hydrogen-bond acceptors (Lipinski definition) is 4. The van der Waals surface area contributed by atoms with Crippen LogP contribution in [-0.4, -0.2) is 26.5 Å². The van der Waals surface area contributed by atoms with Crippen LogP contribution in [0.5, 0.6) is 0 Å². The monoisotopic (exact) mass is 249 g/mol. The lowest BCUT2D eigenvalue weighted by Crippen LogP contribution is -2.22. The Kier molecular flexibility index (Phi) is 2.94. The number of hydrogen-bond donors (Lipinski definition) is 1. The van der Waals surface area contributed by atoms with Crippen molar-refractivity contribution in [2.24, 2.45) is 5.92 Å². The second kappa shape index (κ2) is 4.58. The molecule has 0 bridgehead atoms. The van der Waals surface area contributed by atoms with Gasteiger partial charge in [0, 0.05) is 30.9 Å². The van der Waals surface area contributed by atoms with E-state index in [1.165, 1.54) is 4.88 Å². The van der Waals surface area contributed by atoms with Crippen LogP contribution in [0.3, 0.4) is 0 Å². The van der Waals surface area contributed by atoms with Crippen molar-refractivity contribution in [2.75, 3.05) is 6.61 Å². The van der Waals surface area contributed by atoms with Crippen LogP contribution in [-0.2, 0) is 19.4 Å². The zero-order chi connectivity index (χ0) is 11.7. The quantitative estimate of drug-likeness (QED) is 0.896. The van der Waals surface area contributed by atoms with Gasteiger partial charge in [0.2, 0.25) is 0 Å². The normalized spacial score (nSPS) is 19.2. The minimum absolute atomic E-state index is 0.257. The number of aliphatic hydroxyl groups excluding tert-OH is 1. The lowest BCUT2D eigenvalue weighted by Gasteiger charge is -2.19. The Hall–Kier alpha value is -1.20. The van der Waals surface area contributed by atoms with Crippen LogP contribution in [0.4, 0.5) is 0 Å². The molecular formula is C12H15N3OS. The van der Waals surface area contributed by atoms with Crippen molar-refractivity contribution in [2.45, 2.75) is 25.8 Å². The number of aromatic nitrogens is 3. The van der Waals surface area contributed by atoms with E-state index >= 15 is 0 Å². The fourth-order valence-electron chi connectivity index (χ4n) is 2.22. The number of fused-ring (bicyclic) bond motifs is 1. The van der Waals surface area contributed by atoms with Gasteiger partial charge in [-0.15, -0.1) is 11.3 Å².